The molecule has 0 fully saturated rings. The second kappa shape index (κ2) is 14.6. The van der Waals surface area contributed by atoms with Crippen LogP contribution in [0.3, 0.4) is 0 Å². The van der Waals surface area contributed by atoms with Gasteiger partial charge in [-0.15, -0.1) is 0 Å². The average Bonchev–Trinajstić information content (AvgIpc) is 2.66. The van der Waals surface area contributed by atoms with Crippen LogP contribution in [-0.4, -0.2) is 76.0 Å². The van der Waals surface area contributed by atoms with Crippen LogP contribution < -0.4 is 21.7 Å². The van der Waals surface area contributed by atoms with Crippen molar-refractivity contribution in [1.82, 2.24) is 16.0 Å². The Balaban J connectivity index is 5.44. The number of hydrogen-bond donors (Lipinski definition) is 6. The lowest BCUT2D eigenvalue weighted by Gasteiger charge is -2.25. The van der Waals surface area contributed by atoms with Crippen molar-refractivity contribution in [2.24, 2.45) is 11.7 Å². The highest BCUT2D eigenvalue weighted by Gasteiger charge is 2.30. The van der Waals surface area contributed by atoms with Crippen molar-refractivity contribution < 1.29 is 34.2 Å². The smallest absolute Gasteiger partial charge is 0.326 e. The van der Waals surface area contributed by atoms with E-state index in [2.05, 4.69) is 16.0 Å². The minimum absolute atomic E-state index is 0.0159. The molecule has 0 radical (unpaired) electrons. The van der Waals surface area contributed by atoms with Crippen LogP contribution in [0.1, 0.15) is 46.5 Å². The Morgan fingerprint density at radius 1 is 0.839 bits per heavy atom. The molecule has 0 rings (SSSR count). The fraction of sp³-hybridized carbons (Fsp3) is 0.737. The molecule has 0 aliphatic rings. The van der Waals surface area contributed by atoms with Crippen molar-refractivity contribution in [2.45, 2.75) is 70.6 Å². The number of carbonyl (C=O) groups is 5. The maximum Gasteiger partial charge on any atom is 0.326 e. The van der Waals surface area contributed by atoms with Crippen molar-refractivity contribution in [3.05, 3.63) is 0 Å². The predicted octanol–water partition coefficient (Wildman–Crippen LogP) is -0.463. The van der Waals surface area contributed by atoms with E-state index in [4.69, 9.17) is 10.8 Å². The van der Waals surface area contributed by atoms with Gasteiger partial charge in [0.1, 0.15) is 18.1 Å². The van der Waals surface area contributed by atoms with Gasteiger partial charge < -0.3 is 31.9 Å². The number of amides is 3. The number of rotatable bonds is 15. The molecule has 0 saturated carbocycles. The molecule has 0 spiro atoms. The van der Waals surface area contributed by atoms with E-state index in [1.165, 1.54) is 18.7 Å². The van der Waals surface area contributed by atoms with Gasteiger partial charge in [-0.3, -0.25) is 19.2 Å². The number of nitrogens with one attached hydrogen (secondary N) is 3. The molecular weight excluding hydrogens is 428 g/mol. The number of hydrogen-bond acceptors (Lipinski definition) is 7. The zero-order chi connectivity index (χ0) is 24.1. The highest BCUT2D eigenvalue weighted by molar-refractivity contribution is 7.98. The molecular formula is C19H34N4O7S. The van der Waals surface area contributed by atoms with Crippen molar-refractivity contribution in [3.63, 3.8) is 0 Å². The molecule has 31 heavy (non-hydrogen) atoms. The largest absolute Gasteiger partial charge is 0.481 e. The van der Waals surface area contributed by atoms with E-state index in [0.29, 0.717) is 5.75 Å². The first-order chi connectivity index (χ1) is 14.4. The molecule has 0 aliphatic carbocycles. The van der Waals surface area contributed by atoms with E-state index in [1.807, 2.05) is 6.26 Å². The Bertz CT molecular complexity index is 643. The fourth-order valence-electron chi connectivity index (χ4n) is 2.58. The van der Waals surface area contributed by atoms with Gasteiger partial charge in [0, 0.05) is 6.42 Å². The topological polar surface area (TPSA) is 188 Å². The van der Waals surface area contributed by atoms with E-state index in [9.17, 15) is 29.1 Å². The number of carboxylic acid groups (broad SMARTS) is 2. The Morgan fingerprint density at radius 2 is 1.32 bits per heavy atom. The molecule has 0 aliphatic heterocycles. The van der Waals surface area contributed by atoms with E-state index in [-0.39, 0.29) is 25.2 Å². The zero-order valence-electron chi connectivity index (χ0n) is 18.3. The molecule has 0 aromatic rings. The molecule has 0 heterocycles. The minimum Gasteiger partial charge on any atom is -0.481 e. The third kappa shape index (κ3) is 12.2. The summed E-state index contributed by atoms with van der Waals surface area (Å²) in [5.41, 5.74) is 5.53. The highest BCUT2D eigenvalue weighted by atomic mass is 32.2. The summed E-state index contributed by atoms with van der Waals surface area (Å²) >= 11 is 1.45. The number of thioether (sulfide) groups is 1. The lowest BCUT2D eigenvalue weighted by atomic mass is 10.0. The summed E-state index contributed by atoms with van der Waals surface area (Å²) in [7, 11) is 0. The Hall–Kier alpha value is -2.34. The first kappa shape index (κ1) is 28.7. The van der Waals surface area contributed by atoms with Gasteiger partial charge in [0.15, 0.2) is 0 Å². The third-order valence-corrected chi connectivity index (χ3v) is 4.90. The summed E-state index contributed by atoms with van der Waals surface area (Å²) in [6, 6.07) is -4.27. The quantitative estimate of drug-likeness (QED) is 0.187. The second-order valence-corrected chi connectivity index (χ2v) is 8.64. The van der Waals surface area contributed by atoms with Crippen LogP contribution >= 0.6 is 11.8 Å². The van der Waals surface area contributed by atoms with Gasteiger partial charge in [0.05, 0.1) is 6.04 Å². The van der Waals surface area contributed by atoms with Gasteiger partial charge in [-0.2, -0.15) is 11.8 Å². The fourth-order valence-corrected chi connectivity index (χ4v) is 3.05. The predicted molar refractivity (Wildman–Crippen MR) is 116 cm³/mol. The van der Waals surface area contributed by atoms with Gasteiger partial charge in [-0.1, -0.05) is 13.8 Å². The van der Waals surface area contributed by atoms with Crippen LogP contribution in [0.25, 0.3) is 0 Å². The summed E-state index contributed by atoms with van der Waals surface area (Å²) in [5.74, 6) is -3.90. The molecule has 3 amide bonds. The van der Waals surface area contributed by atoms with Crippen LogP contribution in [0, 0.1) is 5.92 Å². The zero-order valence-corrected chi connectivity index (χ0v) is 19.2. The van der Waals surface area contributed by atoms with Gasteiger partial charge >= 0.3 is 11.9 Å². The van der Waals surface area contributed by atoms with Crippen molar-refractivity contribution in [1.29, 1.82) is 0 Å². The molecule has 0 bridgehead atoms. The number of carbonyl (C=O) groups excluding carboxylic acids is 3. The minimum atomic E-state index is -1.28. The summed E-state index contributed by atoms with van der Waals surface area (Å²) in [6.07, 6.45) is 1.61. The van der Waals surface area contributed by atoms with Crippen LogP contribution in [0.5, 0.6) is 0 Å². The van der Waals surface area contributed by atoms with Crippen LogP contribution in [0.2, 0.25) is 0 Å². The van der Waals surface area contributed by atoms with Crippen LogP contribution in [-0.2, 0) is 24.0 Å². The van der Waals surface area contributed by atoms with Gasteiger partial charge in [0.2, 0.25) is 17.7 Å². The summed E-state index contributed by atoms with van der Waals surface area (Å²) in [5, 5.41) is 25.6. The van der Waals surface area contributed by atoms with E-state index >= 15 is 0 Å². The van der Waals surface area contributed by atoms with Gasteiger partial charge in [0.25, 0.3) is 0 Å². The maximum absolute atomic E-state index is 12.7. The Morgan fingerprint density at radius 3 is 1.74 bits per heavy atom. The molecule has 178 valence electrons. The van der Waals surface area contributed by atoms with Gasteiger partial charge in [-0.25, -0.2) is 4.79 Å². The normalized spacial score (nSPS) is 14.8. The monoisotopic (exact) mass is 462 g/mol. The molecule has 11 nitrogen and oxygen atoms in total. The van der Waals surface area contributed by atoms with E-state index < -0.39 is 60.2 Å². The maximum atomic E-state index is 12.7. The molecule has 7 N–H and O–H groups in total. The third-order valence-electron chi connectivity index (χ3n) is 4.26. The first-order valence-corrected chi connectivity index (χ1v) is 11.4. The van der Waals surface area contributed by atoms with Crippen molar-refractivity contribution >= 4 is 41.4 Å². The first-order valence-electron chi connectivity index (χ1n) is 9.99. The average molecular weight is 463 g/mol. The molecule has 4 atom stereocenters. The summed E-state index contributed by atoms with van der Waals surface area (Å²) in [4.78, 5) is 59.7. The second-order valence-electron chi connectivity index (χ2n) is 7.65. The van der Waals surface area contributed by atoms with Crippen molar-refractivity contribution in [3.8, 4) is 0 Å². The van der Waals surface area contributed by atoms with Gasteiger partial charge in [-0.05, 0) is 44.1 Å². The summed E-state index contributed by atoms with van der Waals surface area (Å²) in [6.45, 7) is 5.05. The molecule has 0 aromatic heterocycles. The summed E-state index contributed by atoms with van der Waals surface area (Å²) < 4.78 is 0. The Kier molecular flexibility index (Phi) is 13.5. The van der Waals surface area contributed by atoms with E-state index in [0.717, 1.165) is 0 Å². The number of nitrogens with two attached hydrogens (primary N) is 1. The Labute approximate surface area is 186 Å². The standard InChI is InChI=1S/C19H34N4O7S/c1-10(2)9-14(19(29)30)23-17(27)12(5-6-15(24)25)22-18(28)13(7-8-31-4)21-16(26)11(3)20/h10-14H,5-9,20H2,1-4H3,(H,21,26)(H,22,28)(H,23,27)(H,24,25)(H,29,30). The molecule has 0 aromatic carbocycles. The molecule has 4 unspecified atom stereocenters. The lowest BCUT2D eigenvalue weighted by Crippen LogP contribution is -2.57. The lowest BCUT2D eigenvalue weighted by molar-refractivity contribution is -0.143. The molecule has 0 saturated heterocycles. The van der Waals surface area contributed by atoms with E-state index in [1.54, 1.807) is 13.8 Å². The number of aliphatic carboxylic acids is 2. The molecule has 12 heteroatoms. The van der Waals surface area contributed by atoms with Crippen molar-refractivity contribution in [2.75, 3.05) is 12.0 Å². The SMILES string of the molecule is CSCCC(NC(=O)C(C)N)C(=O)NC(CCC(=O)O)C(=O)NC(CC(C)C)C(=O)O. The highest BCUT2D eigenvalue weighted by Crippen LogP contribution is 2.08. The van der Waals surface area contributed by atoms with Crippen LogP contribution in [0.4, 0.5) is 0 Å². The number of carboxylic acids is 2. The van der Waals surface area contributed by atoms with Crippen LogP contribution in [0.15, 0.2) is 0 Å².